The van der Waals surface area contributed by atoms with Crippen molar-refractivity contribution in [1.29, 1.82) is 0 Å². The molecule has 1 heterocycles. The highest BCUT2D eigenvalue weighted by atomic mass is 35.5. The first kappa shape index (κ1) is 16.2. The molecule has 1 aliphatic rings. The average Bonchev–Trinajstić information content (AvgIpc) is 2.42. The maximum atomic E-state index is 10.6. The van der Waals surface area contributed by atoms with Crippen molar-refractivity contribution in [1.82, 2.24) is 15.0 Å². The minimum absolute atomic E-state index is 0.0857. The highest BCUT2D eigenvalue weighted by Crippen LogP contribution is 2.32. The van der Waals surface area contributed by atoms with E-state index in [1.54, 1.807) is 0 Å². The molecule has 118 valence electrons. The zero-order valence-electron chi connectivity index (χ0n) is 12.6. The topological polar surface area (TPSA) is 80.2 Å². The van der Waals surface area contributed by atoms with E-state index in [-0.39, 0.29) is 11.3 Å². The van der Waals surface area contributed by atoms with Crippen molar-refractivity contribution in [3.05, 3.63) is 5.28 Å². The van der Waals surface area contributed by atoms with Crippen LogP contribution in [-0.4, -0.2) is 38.8 Å². The maximum Gasteiger partial charge on any atom is 0.322 e. The normalized spacial score (nSPS) is 25.6. The Labute approximate surface area is 130 Å². The quantitative estimate of drug-likeness (QED) is 0.840. The molecule has 0 spiro atoms. The summed E-state index contributed by atoms with van der Waals surface area (Å²) in [6.07, 6.45) is 4.67. The van der Waals surface area contributed by atoms with Crippen molar-refractivity contribution in [2.75, 3.05) is 18.5 Å². The monoisotopic (exact) mass is 314 g/mol. The Balaban J connectivity index is 1.97. The highest BCUT2D eigenvalue weighted by molar-refractivity contribution is 6.28. The minimum Gasteiger partial charge on any atom is -0.463 e. The smallest absolute Gasteiger partial charge is 0.322 e. The summed E-state index contributed by atoms with van der Waals surface area (Å²) in [7, 11) is 0. The van der Waals surface area contributed by atoms with E-state index in [1.807, 2.05) is 6.92 Å². The van der Waals surface area contributed by atoms with Gasteiger partial charge in [-0.1, -0.05) is 26.7 Å². The lowest BCUT2D eigenvalue weighted by atomic mass is 9.79. The lowest BCUT2D eigenvalue weighted by Crippen LogP contribution is -2.41. The minimum atomic E-state index is -0.707. The van der Waals surface area contributed by atoms with Gasteiger partial charge < -0.3 is 15.2 Å². The molecule has 2 rings (SSSR count). The van der Waals surface area contributed by atoms with Gasteiger partial charge in [0, 0.05) is 6.54 Å². The maximum absolute atomic E-state index is 10.6. The number of nitrogens with one attached hydrogen (secondary N) is 1. The van der Waals surface area contributed by atoms with Crippen LogP contribution in [0, 0.1) is 5.92 Å². The molecule has 2 atom stereocenters. The van der Waals surface area contributed by atoms with E-state index in [0.717, 1.165) is 25.7 Å². The average molecular weight is 315 g/mol. The fourth-order valence-electron chi connectivity index (χ4n) is 2.71. The summed E-state index contributed by atoms with van der Waals surface area (Å²) in [6, 6.07) is 0.211. The van der Waals surface area contributed by atoms with Gasteiger partial charge in [0.1, 0.15) is 0 Å². The molecule has 0 bridgehead atoms. The summed E-state index contributed by atoms with van der Waals surface area (Å²) in [5, 5.41) is 13.7. The lowest BCUT2D eigenvalue weighted by Gasteiger charge is -2.35. The van der Waals surface area contributed by atoms with Gasteiger partial charge in [0.2, 0.25) is 11.2 Å². The van der Waals surface area contributed by atoms with Crippen LogP contribution in [0.25, 0.3) is 0 Å². The van der Waals surface area contributed by atoms with Gasteiger partial charge in [0.15, 0.2) is 0 Å². The first-order valence-corrected chi connectivity index (χ1v) is 7.89. The van der Waals surface area contributed by atoms with Gasteiger partial charge in [-0.05, 0) is 36.8 Å². The predicted octanol–water partition coefficient (Wildman–Crippen LogP) is 2.67. The third-order valence-electron chi connectivity index (χ3n) is 3.67. The lowest BCUT2D eigenvalue weighted by molar-refractivity contribution is -0.000916. The largest absolute Gasteiger partial charge is 0.463 e. The molecule has 0 aliphatic heterocycles. The molecule has 1 aromatic heterocycles. The van der Waals surface area contributed by atoms with Crippen LogP contribution in [0.1, 0.15) is 46.0 Å². The van der Waals surface area contributed by atoms with Gasteiger partial charge in [-0.25, -0.2) is 0 Å². The van der Waals surface area contributed by atoms with Crippen LogP contribution in [0.5, 0.6) is 6.01 Å². The second kappa shape index (κ2) is 7.22. The van der Waals surface area contributed by atoms with Crippen LogP contribution < -0.4 is 10.1 Å². The van der Waals surface area contributed by atoms with E-state index in [1.165, 1.54) is 6.42 Å². The standard InChI is InChI=1S/C14H23ClN4O2/c1-3-7-21-13-18-11(15)17-12(19-13)16-9-14(20)6-4-5-10(2)8-14/h10,20H,3-9H2,1-2H3,(H,16,17,18,19). The Morgan fingerprint density at radius 3 is 2.95 bits per heavy atom. The fraction of sp³-hybridized carbons (Fsp3) is 0.786. The highest BCUT2D eigenvalue weighted by Gasteiger charge is 2.32. The molecular weight excluding hydrogens is 292 g/mol. The molecular formula is C14H23ClN4O2. The van der Waals surface area contributed by atoms with E-state index in [0.29, 0.717) is 25.0 Å². The van der Waals surface area contributed by atoms with Crippen molar-refractivity contribution in [2.45, 2.75) is 51.6 Å². The number of aromatic nitrogens is 3. The Morgan fingerprint density at radius 2 is 2.24 bits per heavy atom. The van der Waals surface area contributed by atoms with Crippen LogP contribution in [0.15, 0.2) is 0 Å². The molecule has 1 saturated carbocycles. The third-order valence-corrected chi connectivity index (χ3v) is 3.83. The Morgan fingerprint density at radius 1 is 1.43 bits per heavy atom. The molecule has 1 aliphatic carbocycles. The van der Waals surface area contributed by atoms with E-state index >= 15 is 0 Å². The number of hydrogen-bond donors (Lipinski definition) is 2. The zero-order chi connectivity index (χ0) is 15.3. The van der Waals surface area contributed by atoms with E-state index in [9.17, 15) is 5.11 Å². The van der Waals surface area contributed by atoms with Crippen molar-refractivity contribution >= 4 is 17.5 Å². The van der Waals surface area contributed by atoms with Crippen LogP contribution in [0.3, 0.4) is 0 Å². The van der Waals surface area contributed by atoms with Crippen LogP contribution in [0.2, 0.25) is 5.28 Å². The van der Waals surface area contributed by atoms with Crippen LogP contribution >= 0.6 is 11.6 Å². The molecule has 7 heteroatoms. The summed E-state index contributed by atoms with van der Waals surface area (Å²) in [6.45, 7) is 5.11. The number of anilines is 1. The fourth-order valence-corrected chi connectivity index (χ4v) is 2.86. The zero-order valence-corrected chi connectivity index (χ0v) is 13.4. The van der Waals surface area contributed by atoms with Crippen LogP contribution in [-0.2, 0) is 0 Å². The Kier molecular flexibility index (Phi) is 5.58. The Hall–Kier alpha value is -1.14. The molecule has 2 N–H and O–H groups in total. The summed E-state index contributed by atoms with van der Waals surface area (Å²) in [5.41, 5.74) is -0.707. The first-order chi connectivity index (χ1) is 10.0. The summed E-state index contributed by atoms with van der Waals surface area (Å²) in [5.74, 6) is 0.878. The van der Waals surface area contributed by atoms with Gasteiger partial charge in [-0.2, -0.15) is 15.0 Å². The van der Waals surface area contributed by atoms with Crippen LogP contribution in [0.4, 0.5) is 5.95 Å². The number of hydrogen-bond acceptors (Lipinski definition) is 6. The molecule has 0 radical (unpaired) electrons. The van der Waals surface area contributed by atoms with Gasteiger partial charge in [-0.3, -0.25) is 0 Å². The van der Waals surface area contributed by atoms with Crippen molar-refractivity contribution in [2.24, 2.45) is 5.92 Å². The second-order valence-corrected chi connectivity index (χ2v) is 6.18. The van der Waals surface area contributed by atoms with Gasteiger partial charge in [0.05, 0.1) is 12.2 Å². The molecule has 1 aromatic rings. The van der Waals surface area contributed by atoms with E-state index in [4.69, 9.17) is 16.3 Å². The molecule has 21 heavy (non-hydrogen) atoms. The van der Waals surface area contributed by atoms with Gasteiger partial charge >= 0.3 is 6.01 Å². The molecule has 1 fully saturated rings. The van der Waals surface area contributed by atoms with Gasteiger partial charge in [0.25, 0.3) is 0 Å². The molecule has 2 unspecified atom stereocenters. The third kappa shape index (κ3) is 4.97. The van der Waals surface area contributed by atoms with Crippen molar-refractivity contribution in [3.63, 3.8) is 0 Å². The van der Waals surface area contributed by atoms with Crippen molar-refractivity contribution < 1.29 is 9.84 Å². The molecule has 0 saturated heterocycles. The molecule has 0 amide bonds. The second-order valence-electron chi connectivity index (χ2n) is 5.84. The summed E-state index contributed by atoms with van der Waals surface area (Å²) in [4.78, 5) is 12.1. The molecule has 6 nitrogen and oxygen atoms in total. The SMILES string of the molecule is CCCOc1nc(Cl)nc(NCC2(O)CCCC(C)C2)n1. The summed E-state index contributed by atoms with van der Waals surface area (Å²) < 4.78 is 5.36. The summed E-state index contributed by atoms with van der Waals surface area (Å²) >= 11 is 5.86. The van der Waals surface area contributed by atoms with E-state index in [2.05, 4.69) is 27.2 Å². The molecule has 0 aromatic carbocycles. The Bertz CT molecular complexity index is 474. The predicted molar refractivity (Wildman–Crippen MR) is 81.7 cm³/mol. The van der Waals surface area contributed by atoms with E-state index < -0.39 is 5.60 Å². The van der Waals surface area contributed by atoms with Gasteiger partial charge in [-0.15, -0.1) is 0 Å². The first-order valence-electron chi connectivity index (χ1n) is 7.51. The number of rotatable bonds is 6. The number of nitrogens with zero attached hydrogens (tertiary/aromatic N) is 3. The number of halogens is 1. The number of aliphatic hydroxyl groups is 1. The van der Waals surface area contributed by atoms with Crippen molar-refractivity contribution in [3.8, 4) is 6.01 Å². The number of ether oxygens (including phenoxy) is 1.